The fourth-order valence-corrected chi connectivity index (χ4v) is 7.88. The van der Waals surface area contributed by atoms with Crippen molar-refractivity contribution >= 4 is 11.8 Å². The Morgan fingerprint density at radius 2 is 0.909 bits per heavy atom. The van der Waals surface area contributed by atoms with Gasteiger partial charge >= 0.3 is 0 Å². The van der Waals surface area contributed by atoms with Gasteiger partial charge < -0.3 is 34.5 Å². The molecular formula is C44H68F2N4O5. The highest BCUT2D eigenvalue weighted by Crippen LogP contribution is 2.23. The Morgan fingerprint density at radius 1 is 0.582 bits per heavy atom. The van der Waals surface area contributed by atoms with Crippen LogP contribution in [0.2, 0.25) is 0 Å². The molecule has 0 aromatic heterocycles. The number of hydrogen-bond acceptors (Lipinski definition) is 7. The molecule has 2 N–H and O–H groups in total. The third kappa shape index (κ3) is 16.0. The van der Waals surface area contributed by atoms with Crippen molar-refractivity contribution < 1.29 is 33.3 Å². The topological polar surface area (TPSA) is 96.8 Å². The van der Waals surface area contributed by atoms with E-state index in [4.69, 9.17) is 4.74 Å². The van der Waals surface area contributed by atoms with E-state index in [1.54, 1.807) is 23.9 Å². The largest absolute Gasteiger partial charge is 0.505 e. The maximum Gasteiger partial charge on any atom is 0.253 e. The number of phenolic OH excluding ortho intramolecular Hbond substituents is 2. The first-order valence-electron chi connectivity index (χ1n) is 21.2. The van der Waals surface area contributed by atoms with E-state index in [0.29, 0.717) is 36.4 Å². The zero-order valence-corrected chi connectivity index (χ0v) is 33.7. The normalized spacial score (nSPS) is 16.1. The van der Waals surface area contributed by atoms with E-state index >= 15 is 0 Å². The number of aromatic hydroxyl groups is 2. The lowest BCUT2D eigenvalue weighted by molar-refractivity contribution is -0.0650. The number of nitrogens with zero attached hydrogens (tertiary/aromatic N) is 4. The van der Waals surface area contributed by atoms with Gasteiger partial charge in [0.1, 0.15) is 0 Å². The number of rotatable bonds is 24. The maximum atomic E-state index is 13.3. The number of piperidine rings is 2. The average molecular weight is 771 g/mol. The maximum absolute atomic E-state index is 13.3. The Bertz CT molecular complexity index is 1330. The van der Waals surface area contributed by atoms with Crippen LogP contribution in [0.4, 0.5) is 8.78 Å². The van der Waals surface area contributed by atoms with Crippen molar-refractivity contribution in [3.05, 3.63) is 59.2 Å². The Labute approximate surface area is 329 Å². The highest BCUT2D eigenvalue weighted by Gasteiger charge is 2.25. The fraction of sp³-hybridized carbons (Fsp3) is 0.682. The van der Waals surface area contributed by atoms with E-state index < -0.39 is 23.1 Å². The van der Waals surface area contributed by atoms with Crippen LogP contribution >= 0.6 is 0 Å². The number of benzene rings is 2. The van der Waals surface area contributed by atoms with E-state index in [2.05, 4.69) is 9.80 Å². The van der Waals surface area contributed by atoms with Crippen molar-refractivity contribution in [3.8, 4) is 11.5 Å². The van der Waals surface area contributed by atoms with Crippen molar-refractivity contribution in [3.63, 3.8) is 0 Å². The average Bonchev–Trinajstić information content (AvgIpc) is 3.19. The van der Waals surface area contributed by atoms with E-state index in [-0.39, 0.29) is 11.8 Å². The summed E-state index contributed by atoms with van der Waals surface area (Å²) in [5.41, 5.74) is 0.617. The van der Waals surface area contributed by atoms with Crippen molar-refractivity contribution in [2.24, 2.45) is 0 Å². The summed E-state index contributed by atoms with van der Waals surface area (Å²) in [6, 6.07) is 7.46. The zero-order chi connectivity index (χ0) is 39.4. The van der Waals surface area contributed by atoms with Gasteiger partial charge in [0, 0.05) is 64.5 Å². The van der Waals surface area contributed by atoms with Crippen LogP contribution in [0.25, 0.3) is 0 Å². The molecule has 308 valence electrons. The van der Waals surface area contributed by atoms with Gasteiger partial charge in [0.2, 0.25) is 0 Å². The number of halogens is 2. The number of carbonyl (C=O) groups is 2. The number of hydrogen-bond donors (Lipinski definition) is 2. The molecule has 0 bridgehead atoms. The minimum Gasteiger partial charge on any atom is -0.505 e. The molecular weight excluding hydrogens is 703 g/mol. The van der Waals surface area contributed by atoms with Crippen LogP contribution in [-0.2, 0) is 4.74 Å². The second-order valence-electron chi connectivity index (χ2n) is 16.0. The molecule has 2 amide bonds. The van der Waals surface area contributed by atoms with E-state index in [1.807, 2.05) is 0 Å². The Kier molecular flexibility index (Phi) is 19.7. The number of ether oxygens (including phenoxy) is 1. The standard InChI is InChI=1S/C44H68F2N4O5/c1-47(43(53)35-17-19-39(45)41(51)33-35)25-13-9-5-3-7-11-15-27-49-29-21-37(22-30-49)55-38-23-31-50(32-24-38)28-16-12-8-4-6-10-14-26-48(2)44(54)36-18-20-40(46)42(52)34-36/h17-20,33-34,37-38,51-52H,3-16,21-32H2,1-2H3. The summed E-state index contributed by atoms with van der Waals surface area (Å²) in [4.78, 5) is 33.5. The van der Waals surface area contributed by atoms with Gasteiger partial charge in [0.05, 0.1) is 12.2 Å². The van der Waals surface area contributed by atoms with Crippen molar-refractivity contribution in [2.45, 2.75) is 128 Å². The van der Waals surface area contributed by atoms with Gasteiger partial charge in [-0.05, 0) is 101 Å². The molecule has 0 unspecified atom stereocenters. The minimum absolute atomic E-state index is 0.195. The molecule has 0 aliphatic carbocycles. The number of phenols is 2. The Hall–Kier alpha value is -3.28. The monoisotopic (exact) mass is 771 g/mol. The Balaban J connectivity index is 0.902. The van der Waals surface area contributed by atoms with Crippen molar-refractivity contribution in [1.29, 1.82) is 0 Å². The number of amides is 2. The van der Waals surface area contributed by atoms with Crippen LogP contribution in [0.15, 0.2) is 36.4 Å². The highest BCUT2D eigenvalue weighted by molar-refractivity contribution is 5.95. The summed E-state index contributed by atoms with van der Waals surface area (Å²) in [5, 5.41) is 19.1. The molecule has 0 atom stereocenters. The minimum atomic E-state index is -0.717. The molecule has 2 fully saturated rings. The molecule has 2 aromatic rings. The zero-order valence-electron chi connectivity index (χ0n) is 33.7. The lowest BCUT2D eigenvalue weighted by Crippen LogP contribution is -2.42. The van der Waals surface area contributed by atoms with Crippen LogP contribution < -0.4 is 0 Å². The van der Waals surface area contributed by atoms with Gasteiger partial charge in [-0.25, -0.2) is 8.78 Å². The smallest absolute Gasteiger partial charge is 0.253 e. The summed E-state index contributed by atoms with van der Waals surface area (Å²) in [6.45, 7) is 8.27. The quantitative estimate of drug-likeness (QED) is 0.103. The van der Waals surface area contributed by atoms with Gasteiger partial charge in [0.25, 0.3) is 11.8 Å². The van der Waals surface area contributed by atoms with Crippen LogP contribution in [0.3, 0.4) is 0 Å². The molecule has 4 rings (SSSR count). The fourth-order valence-electron chi connectivity index (χ4n) is 7.88. The third-order valence-corrected chi connectivity index (χ3v) is 11.5. The van der Waals surface area contributed by atoms with E-state index in [0.717, 1.165) is 89.7 Å². The van der Waals surface area contributed by atoms with Gasteiger partial charge in [-0.1, -0.05) is 64.2 Å². The van der Waals surface area contributed by atoms with Gasteiger partial charge in [0.15, 0.2) is 23.1 Å². The molecule has 0 saturated carbocycles. The first kappa shape index (κ1) is 44.4. The predicted octanol–water partition coefficient (Wildman–Crippen LogP) is 8.63. The lowest BCUT2D eigenvalue weighted by atomic mass is 10.0. The number of likely N-dealkylation sites (tertiary alicyclic amines) is 2. The molecule has 2 aromatic carbocycles. The lowest BCUT2D eigenvalue weighted by Gasteiger charge is -2.37. The molecule has 2 aliphatic rings. The molecule has 0 spiro atoms. The molecule has 2 heterocycles. The predicted molar refractivity (Wildman–Crippen MR) is 215 cm³/mol. The molecule has 2 saturated heterocycles. The highest BCUT2D eigenvalue weighted by atomic mass is 19.1. The van der Waals surface area contributed by atoms with Crippen LogP contribution in [0, 0.1) is 11.6 Å². The van der Waals surface area contributed by atoms with Crippen LogP contribution in [-0.4, -0.2) is 120 Å². The van der Waals surface area contributed by atoms with E-state index in [1.165, 1.54) is 102 Å². The summed E-state index contributed by atoms with van der Waals surface area (Å²) in [6.07, 6.45) is 21.8. The molecule has 11 heteroatoms. The second kappa shape index (κ2) is 24.4. The molecule has 9 nitrogen and oxygen atoms in total. The van der Waals surface area contributed by atoms with Crippen molar-refractivity contribution in [2.75, 3.05) is 66.5 Å². The van der Waals surface area contributed by atoms with Crippen LogP contribution in [0.1, 0.15) is 136 Å². The van der Waals surface area contributed by atoms with Gasteiger partial charge in [-0.2, -0.15) is 0 Å². The summed E-state index contributed by atoms with van der Waals surface area (Å²) >= 11 is 0. The molecule has 2 aliphatic heterocycles. The summed E-state index contributed by atoms with van der Waals surface area (Å²) < 4.78 is 33.1. The Morgan fingerprint density at radius 3 is 1.25 bits per heavy atom. The first-order valence-corrected chi connectivity index (χ1v) is 21.2. The van der Waals surface area contributed by atoms with E-state index in [9.17, 15) is 28.6 Å². The number of unbranched alkanes of at least 4 members (excludes halogenated alkanes) is 12. The molecule has 0 radical (unpaired) electrons. The van der Waals surface area contributed by atoms with Crippen molar-refractivity contribution in [1.82, 2.24) is 19.6 Å². The first-order chi connectivity index (χ1) is 26.6. The third-order valence-electron chi connectivity index (χ3n) is 11.5. The summed E-state index contributed by atoms with van der Waals surface area (Å²) in [5.74, 6) is -2.80. The van der Waals surface area contributed by atoms with Gasteiger partial charge in [-0.15, -0.1) is 0 Å². The SMILES string of the molecule is CN(CCCCCCCCCN1CCC(OC2CCN(CCCCCCCCCN(C)C(=O)c3ccc(F)c(O)c3)CC2)CC1)C(=O)c1ccc(F)c(O)c1. The summed E-state index contributed by atoms with van der Waals surface area (Å²) in [7, 11) is 3.50. The second-order valence-corrected chi connectivity index (χ2v) is 16.0. The number of carbonyl (C=O) groups excluding carboxylic acids is 2. The molecule has 55 heavy (non-hydrogen) atoms. The van der Waals surface area contributed by atoms with Gasteiger partial charge in [-0.3, -0.25) is 9.59 Å². The van der Waals surface area contributed by atoms with Crippen LogP contribution in [0.5, 0.6) is 11.5 Å².